The van der Waals surface area contributed by atoms with Gasteiger partial charge >= 0.3 is 23.9 Å². The van der Waals surface area contributed by atoms with E-state index in [0.717, 1.165) is 109 Å². The molecule has 0 saturated heterocycles. The maximum atomic E-state index is 14.5. The first-order valence-corrected chi connectivity index (χ1v) is 38.3. The van der Waals surface area contributed by atoms with E-state index in [0.29, 0.717) is 47.3 Å². The zero-order valence-electron chi connectivity index (χ0n) is 63.6. The standard InChI is InChI=1S/C43H72N2O6.C38H63NO5/c1-24(2)34(44)36(47)45-35(25(3)4)37(48)51-27(6)23-50-38(49)43-20-15-26(5)28(7)33(43)29-13-14-31-40(10)18-17-32(46)39(8,9)30(40)16-19-42(31,12)41(29,11)21-22-43;1-22(2)31(39)32(41)44-24(4)21-43-33(42)38-18-13-23(3)25(5)30(38)26-11-12-28-35(8)16-15-29(40)34(6,7)27(35)14-17-37(28,10)36(26,9)19-20-38/h13,24-28,30-35,46H,14-23,44H2,1-12H3,(H,45,47);11,22-25,27-31,40H,12-21,39H2,1-10H3/t26-,27?,28+,30?,31-,32+,33+,34+,35+,40+,41-,42-,43+;23-,24?,25+,27?,28-,29+,30+,31+,35+,36-,37-,38+/m11/s1. The predicted octanol–water partition coefficient (Wildman–Crippen LogP) is 15.1. The molecule has 0 aromatic rings. The molecule has 0 radical (unpaired) electrons. The van der Waals surface area contributed by atoms with Crippen molar-refractivity contribution in [3.63, 3.8) is 0 Å². The van der Waals surface area contributed by atoms with Crippen molar-refractivity contribution in [3.05, 3.63) is 23.3 Å². The Morgan fingerprint density at radius 1 is 0.484 bits per heavy atom. The summed E-state index contributed by atoms with van der Waals surface area (Å²) in [6, 6.07) is -2.24. The van der Waals surface area contributed by atoms with Gasteiger partial charge in [0.15, 0.2) is 0 Å². The zero-order valence-corrected chi connectivity index (χ0v) is 63.6. The average molecular weight is 1330 g/mol. The number of fused-ring (bicyclic) bond motifs is 14. The Kier molecular flexibility index (Phi) is 21.5. The number of amides is 1. The lowest BCUT2D eigenvalue weighted by Crippen LogP contribution is -2.65. The quantitative estimate of drug-likeness (QED) is 0.0585. The molecule has 0 aromatic carbocycles. The fourth-order valence-corrected chi connectivity index (χ4v) is 24.3. The van der Waals surface area contributed by atoms with E-state index in [-0.39, 0.29) is 116 Å². The Morgan fingerprint density at radius 2 is 0.863 bits per heavy atom. The molecule has 0 bridgehead atoms. The van der Waals surface area contributed by atoms with Gasteiger partial charge in [-0.2, -0.15) is 0 Å². The van der Waals surface area contributed by atoms with E-state index in [1.807, 2.05) is 41.5 Å². The number of allylic oxidation sites excluding steroid dienone is 4. The minimum absolute atomic E-state index is 0.0128. The fraction of sp³-hybridized carbons (Fsp3) is 0.889. The molecule has 25 atom stereocenters. The number of hydrogen-bond acceptors (Lipinski definition) is 13. The number of rotatable bonds is 15. The molecule has 540 valence electrons. The van der Waals surface area contributed by atoms with E-state index in [2.05, 4.69) is 114 Å². The van der Waals surface area contributed by atoms with Crippen LogP contribution >= 0.6 is 0 Å². The van der Waals surface area contributed by atoms with Gasteiger partial charge in [-0.05, 0) is 250 Å². The molecule has 0 heterocycles. The first kappa shape index (κ1) is 75.9. The Balaban J connectivity index is 0.000000226. The molecular formula is C81H135N3O11. The molecule has 4 unspecified atom stereocenters. The number of nitrogens with one attached hydrogen (secondary N) is 1. The van der Waals surface area contributed by atoms with Crippen molar-refractivity contribution in [1.29, 1.82) is 0 Å². The smallest absolute Gasteiger partial charge is 0.329 e. The summed E-state index contributed by atoms with van der Waals surface area (Å²) >= 11 is 0. The van der Waals surface area contributed by atoms with E-state index in [1.165, 1.54) is 17.6 Å². The number of nitrogens with two attached hydrogens (primary N) is 2. The molecule has 95 heavy (non-hydrogen) atoms. The molecule has 1 amide bonds. The van der Waals surface area contributed by atoms with Crippen molar-refractivity contribution in [3.8, 4) is 0 Å². The van der Waals surface area contributed by atoms with E-state index in [4.69, 9.17) is 30.4 Å². The molecule has 10 aliphatic carbocycles. The van der Waals surface area contributed by atoms with Crippen LogP contribution < -0.4 is 16.8 Å². The molecule has 0 aliphatic heterocycles. The van der Waals surface area contributed by atoms with Gasteiger partial charge in [-0.1, -0.05) is 162 Å². The molecule has 7 N–H and O–H groups in total. The van der Waals surface area contributed by atoms with Crippen molar-refractivity contribution in [2.75, 3.05) is 13.2 Å². The highest BCUT2D eigenvalue weighted by molar-refractivity contribution is 5.88. The van der Waals surface area contributed by atoms with Crippen molar-refractivity contribution >= 4 is 29.8 Å². The molecule has 14 heteroatoms. The van der Waals surface area contributed by atoms with Gasteiger partial charge in [0.2, 0.25) is 5.91 Å². The van der Waals surface area contributed by atoms with Gasteiger partial charge in [0.05, 0.1) is 29.1 Å². The van der Waals surface area contributed by atoms with Gasteiger partial charge in [-0.25, -0.2) is 4.79 Å². The summed E-state index contributed by atoms with van der Waals surface area (Å²) in [4.78, 5) is 67.2. The van der Waals surface area contributed by atoms with Crippen LogP contribution in [0.5, 0.6) is 0 Å². The van der Waals surface area contributed by atoms with Gasteiger partial charge in [-0.15, -0.1) is 0 Å². The lowest BCUT2D eigenvalue weighted by Gasteiger charge is -2.71. The largest absolute Gasteiger partial charge is 0.461 e. The van der Waals surface area contributed by atoms with Crippen LogP contribution in [-0.4, -0.2) is 95.8 Å². The molecule has 0 spiro atoms. The van der Waals surface area contributed by atoms with Crippen LogP contribution in [0.3, 0.4) is 0 Å². The zero-order chi connectivity index (χ0) is 70.7. The summed E-state index contributed by atoms with van der Waals surface area (Å²) in [6.07, 6.45) is 21.5. The molecular weight excluding hydrogens is 1190 g/mol. The monoisotopic (exact) mass is 1330 g/mol. The minimum atomic E-state index is -0.842. The molecule has 14 nitrogen and oxygen atoms in total. The minimum Gasteiger partial charge on any atom is -0.461 e. The number of carbonyl (C=O) groups is 5. The normalized spacial score (nSPS) is 43.7. The average Bonchev–Trinajstić information content (AvgIpc) is 0.682. The number of hydrogen-bond donors (Lipinski definition) is 5. The predicted molar refractivity (Wildman–Crippen MR) is 375 cm³/mol. The third-order valence-corrected chi connectivity index (χ3v) is 31.5. The third-order valence-electron chi connectivity index (χ3n) is 31.5. The first-order chi connectivity index (χ1) is 43.9. The van der Waals surface area contributed by atoms with Crippen molar-refractivity contribution in [2.24, 2.45) is 143 Å². The van der Waals surface area contributed by atoms with E-state index < -0.39 is 53.1 Å². The SMILES string of the molecule is CC(COC(=O)[C@]12CC[C@@H](C)[C@H](C)[C@H]1C1=CC[C@@H]3[C@@]4(C)CC[C@H](O)C(C)(C)C4CC[C@@]3(C)[C@]1(C)CC2)OC(=O)[C@@H](N)C(C)C.CC(COC(=O)[C@]12CC[C@@H](C)[C@H](C)[C@H]1C1=CC[C@@H]3[C@@]4(C)CC[C@H](O)C(C)(C)C4CC[C@@]3(C)[C@]1(C)CC2)OC(=O)[C@@H](NC(=O)[C@@H](N)C(C)C)C(C)C. The Hall–Kier alpha value is -3.33. The lowest BCUT2D eigenvalue weighted by atomic mass is 9.33. The highest BCUT2D eigenvalue weighted by Crippen LogP contribution is 2.78. The van der Waals surface area contributed by atoms with Crippen LogP contribution in [-0.2, 0) is 42.9 Å². The number of aliphatic hydroxyl groups is 2. The van der Waals surface area contributed by atoms with Gasteiger partial charge in [0.1, 0.15) is 37.5 Å². The molecule has 8 saturated carbocycles. The van der Waals surface area contributed by atoms with Crippen molar-refractivity contribution in [2.45, 2.75) is 310 Å². The lowest BCUT2D eigenvalue weighted by molar-refractivity contribution is -0.208. The van der Waals surface area contributed by atoms with Crippen molar-refractivity contribution < 1.29 is 53.1 Å². The highest BCUT2D eigenvalue weighted by atomic mass is 16.6. The highest BCUT2D eigenvalue weighted by Gasteiger charge is 2.72. The summed E-state index contributed by atoms with van der Waals surface area (Å²) in [5, 5.41) is 24.9. The van der Waals surface area contributed by atoms with Gasteiger partial charge in [0.25, 0.3) is 0 Å². The third kappa shape index (κ3) is 12.3. The molecule has 0 aromatic heterocycles. The second-order valence-corrected chi connectivity index (χ2v) is 37.8. The van der Waals surface area contributed by atoms with Crippen LogP contribution in [0.4, 0.5) is 0 Å². The maximum Gasteiger partial charge on any atom is 0.329 e. The van der Waals surface area contributed by atoms with Crippen LogP contribution in [0.1, 0.15) is 268 Å². The van der Waals surface area contributed by atoms with E-state index in [1.54, 1.807) is 13.8 Å². The van der Waals surface area contributed by atoms with Crippen LogP contribution in [0.2, 0.25) is 0 Å². The second kappa shape index (κ2) is 26.9. The van der Waals surface area contributed by atoms with Crippen LogP contribution in [0.15, 0.2) is 23.3 Å². The number of carbonyl (C=O) groups excluding carboxylic acids is 5. The molecule has 10 rings (SSSR count). The number of esters is 4. The number of aliphatic hydroxyl groups excluding tert-OH is 2. The van der Waals surface area contributed by atoms with Crippen LogP contribution in [0.25, 0.3) is 0 Å². The van der Waals surface area contributed by atoms with Gasteiger partial charge in [-0.3, -0.25) is 19.2 Å². The van der Waals surface area contributed by atoms with Crippen molar-refractivity contribution in [1.82, 2.24) is 5.32 Å². The summed E-state index contributed by atoms with van der Waals surface area (Å²) < 4.78 is 23.6. The van der Waals surface area contributed by atoms with Crippen LogP contribution in [0, 0.1) is 131 Å². The fourth-order valence-electron chi connectivity index (χ4n) is 24.3. The molecule has 8 fully saturated rings. The summed E-state index contributed by atoms with van der Waals surface area (Å²) in [6.45, 7) is 48.8. The summed E-state index contributed by atoms with van der Waals surface area (Å²) in [5.41, 5.74) is 14.4. The van der Waals surface area contributed by atoms with E-state index in [9.17, 15) is 34.2 Å². The summed E-state index contributed by atoms with van der Waals surface area (Å²) in [5.74, 6) is 2.28. The topological polar surface area (TPSA) is 227 Å². The molecule has 10 aliphatic rings. The first-order valence-electron chi connectivity index (χ1n) is 38.3. The Morgan fingerprint density at radius 3 is 1.23 bits per heavy atom. The van der Waals surface area contributed by atoms with Gasteiger partial charge in [0, 0.05) is 0 Å². The Bertz CT molecular complexity index is 2920. The Labute approximate surface area is 575 Å². The summed E-state index contributed by atoms with van der Waals surface area (Å²) in [7, 11) is 0. The van der Waals surface area contributed by atoms with E-state index >= 15 is 0 Å². The van der Waals surface area contributed by atoms with Gasteiger partial charge < -0.3 is 45.9 Å². The maximum absolute atomic E-state index is 14.5. The number of ether oxygens (including phenoxy) is 4. The second-order valence-electron chi connectivity index (χ2n) is 37.8.